The zero-order chi connectivity index (χ0) is 10.1. The fourth-order valence-corrected chi connectivity index (χ4v) is 1.22. The first-order valence-electron chi connectivity index (χ1n) is 4.57. The molecule has 2 rings (SSSR count). The normalized spacial score (nSPS) is 11.4. The monoisotopic (exact) mass is 192 g/mol. The predicted octanol–water partition coefficient (Wildman–Crippen LogP) is 1.84. The maximum Gasteiger partial charge on any atom is 0.246 e. The highest BCUT2D eigenvalue weighted by atomic mass is 16.4. The summed E-state index contributed by atoms with van der Waals surface area (Å²) >= 11 is 0. The Balaban J connectivity index is 2.54. The maximum absolute atomic E-state index is 8.91. The topological polar surface area (TPSA) is 59.2 Å². The lowest BCUT2D eigenvalue weighted by Gasteiger charge is -1.93. The number of hydrogen-bond acceptors (Lipinski definition) is 4. The van der Waals surface area contributed by atoms with Crippen LogP contribution in [0, 0.1) is 0 Å². The van der Waals surface area contributed by atoms with Crippen molar-refractivity contribution in [2.75, 3.05) is 0 Å². The molecular weight excluding hydrogens is 180 g/mol. The molecule has 1 N–H and O–H groups in total. The molecule has 0 unspecified atom stereocenters. The highest BCUT2D eigenvalue weighted by Crippen LogP contribution is 2.19. The molecule has 0 bridgehead atoms. The molecule has 0 atom stereocenters. The van der Waals surface area contributed by atoms with Gasteiger partial charge in [-0.3, -0.25) is 0 Å². The largest absolute Gasteiger partial charge is 0.422 e. The Bertz CT molecular complexity index is 448. The SMILES string of the molecule is CC(C)c1nc2cc(CO)cnc2o1. The van der Waals surface area contributed by atoms with Gasteiger partial charge in [-0.05, 0) is 11.6 Å². The van der Waals surface area contributed by atoms with E-state index in [0.29, 0.717) is 17.1 Å². The van der Waals surface area contributed by atoms with Crippen molar-refractivity contribution in [3.05, 3.63) is 23.7 Å². The van der Waals surface area contributed by atoms with Gasteiger partial charge in [-0.15, -0.1) is 0 Å². The molecule has 4 heteroatoms. The molecule has 74 valence electrons. The van der Waals surface area contributed by atoms with E-state index in [2.05, 4.69) is 9.97 Å². The summed E-state index contributed by atoms with van der Waals surface area (Å²) in [5.41, 5.74) is 1.99. The number of fused-ring (bicyclic) bond motifs is 1. The summed E-state index contributed by atoms with van der Waals surface area (Å²) in [6.45, 7) is 4.00. The summed E-state index contributed by atoms with van der Waals surface area (Å²) < 4.78 is 5.43. The first-order valence-corrected chi connectivity index (χ1v) is 4.57. The van der Waals surface area contributed by atoms with Crippen LogP contribution in [0.5, 0.6) is 0 Å². The third-order valence-corrected chi connectivity index (χ3v) is 2.00. The summed E-state index contributed by atoms with van der Waals surface area (Å²) in [6, 6.07) is 1.79. The number of rotatable bonds is 2. The molecule has 14 heavy (non-hydrogen) atoms. The van der Waals surface area contributed by atoms with Crippen LogP contribution in [0.3, 0.4) is 0 Å². The van der Waals surface area contributed by atoms with E-state index in [4.69, 9.17) is 9.52 Å². The number of hydrogen-bond donors (Lipinski definition) is 1. The minimum Gasteiger partial charge on any atom is -0.422 e. The van der Waals surface area contributed by atoms with E-state index >= 15 is 0 Å². The van der Waals surface area contributed by atoms with Gasteiger partial charge in [-0.1, -0.05) is 13.8 Å². The van der Waals surface area contributed by atoms with Crippen LogP contribution in [-0.4, -0.2) is 15.1 Å². The summed E-state index contributed by atoms with van der Waals surface area (Å²) in [5.74, 6) is 0.935. The third-order valence-electron chi connectivity index (χ3n) is 2.00. The molecule has 4 nitrogen and oxygen atoms in total. The summed E-state index contributed by atoms with van der Waals surface area (Å²) in [7, 11) is 0. The third kappa shape index (κ3) is 1.48. The standard InChI is InChI=1S/C10H12N2O2/c1-6(2)9-12-8-3-7(5-13)4-11-10(8)14-9/h3-4,6,13H,5H2,1-2H3. The van der Waals surface area contributed by atoms with Crippen molar-refractivity contribution in [1.29, 1.82) is 0 Å². The van der Waals surface area contributed by atoms with Gasteiger partial charge in [-0.25, -0.2) is 9.97 Å². The Morgan fingerprint density at radius 2 is 2.29 bits per heavy atom. The highest BCUT2D eigenvalue weighted by Gasteiger charge is 2.10. The minimum atomic E-state index is -0.0210. The predicted molar refractivity (Wildman–Crippen MR) is 51.8 cm³/mol. The molecule has 2 heterocycles. The lowest BCUT2D eigenvalue weighted by atomic mass is 10.2. The van der Waals surface area contributed by atoms with Crippen LogP contribution in [0.15, 0.2) is 16.7 Å². The second-order valence-electron chi connectivity index (χ2n) is 3.53. The van der Waals surface area contributed by atoms with E-state index in [1.807, 2.05) is 13.8 Å². The number of nitrogens with zero attached hydrogens (tertiary/aromatic N) is 2. The van der Waals surface area contributed by atoms with Gasteiger partial charge in [0.2, 0.25) is 5.71 Å². The first-order chi connectivity index (χ1) is 6.70. The van der Waals surface area contributed by atoms with Crippen LogP contribution in [0.4, 0.5) is 0 Å². The fourth-order valence-electron chi connectivity index (χ4n) is 1.22. The van der Waals surface area contributed by atoms with Crippen molar-refractivity contribution in [2.45, 2.75) is 26.4 Å². The molecule has 0 aliphatic heterocycles. The van der Waals surface area contributed by atoms with Gasteiger partial charge in [0, 0.05) is 12.1 Å². The van der Waals surface area contributed by atoms with Crippen LogP contribution in [-0.2, 0) is 6.61 Å². The zero-order valence-electron chi connectivity index (χ0n) is 8.19. The zero-order valence-corrected chi connectivity index (χ0v) is 8.19. The van der Waals surface area contributed by atoms with Crippen LogP contribution < -0.4 is 0 Å². The quantitative estimate of drug-likeness (QED) is 0.788. The number of pyridine rings is 1. The number of aliphatic hydroxyl groups excluding tert-OH is 1. The van der Waals surface area contributed by atoms with E-state index in [9.17, 15) is 0 Å². The summed E-state index contributed by atoms with van der Waals surface area (Å²) in [6.07, 6.45) is 1.59. The van der Waals surface area contributed by atoms with Gasteiger partial charge >= 0.3 is 0 Å². The van der Waals surface area contributed by atoms with Crippen molar-refractivity contribution >= 4 is 11.2 Å². The average molecular weight is 192 g/mol. The second-order valence-corrected chi connectivity index (χ2v) is 3.53. The molecule has 0 aromatic carbocycles. The van der Waals surface area contributed by atoms with Gasteiger partial charge in [-0.2, -0.15) is 0 Å². The Kier molecular flexibility index (Phi) is 2.21. The van der Waals surface area contributed by atoms with Gasteiger partial charge in [0.1, 0.15) is 5.52 Å². The van der Waals surface area contributed by atoms with E-state index < -0.39 is 0 Å². The molecule has 0 amide bonds. The second kappa shape index (κ2) is 3.38. The molecule has 0 saturated heterocycles. The molecule has 0 aliphatic rings. The van der Waals surface area contributed by atoms with Crippen LogP contribution >= 0.6 is 0 Å². The van der Waals surface area contributed by atoms with E-state index in [1.54, 1.807) is 12.3 Å². The Labute approximate surface area is 81.6 Å². The van der Waals surface area contributed by atoms with Gasteiger partial charge in [0.05, 0.1) is 6.61 Å². The lowest BCUT2D eigenvalue weighted by Crippen LogP contribution is -1.85. The van der Waals surface area contributed by atoms with Crippen LogP contribution in [0.1, 0.15) is 31.2 Å². The Hall–Kier alpha value is -1.42. The molecule has 2 aromatic heterocycles. The number of oxazole rings is 1. The van der Waals surface area contributed by atoms with Crippen LogP contribution in [0.2, 0.25) is 0 Å². The van der Waals surface area contributed by atoms with Gasteiger partial charge < -0.3 is 9.52 Å². The van der Waals surface area contributed by atoms with Crippen molar-refractivity contribution < 1.29 is 9.52 Å². The number of aromatic nitrogens is 2. The molecule has 0 fully saturated rings. The summed E-state index contributed by atoms with van der Waals surface area (Å²) in [5, 5.41) is 8.91. The molecule has 0 saturated carbocycles. The Morgan fingerprint density at radius 1 is 1.50 bits per heavy atom. The summed E-state index contributed by atoms with van der Waals surface area (Å²) in [4.78, 5) is 8.35. The molecule has 0 spiro atoms. The molecule has 2 aromatic rings. The highest BCUT2D eigenvalue weighted by molar-refractivity contribution is 5.68. The lowest BCUT2D eigenvalue weighted by molar-refractivity contribution is 0.281. The van der Waals surface area contributed by atoms with Crippen molar-refractivity contribution in [1.82, 2.24) is 9.97 Å². The maximum atomic E-state index is 8.91. The van der Waals surface area contributed by atoms with Crippen LogP contribution in [0.25, 0.3) is 11.2 Å². The van der Waals surface area contributed by atoms with Crippen molar-refractivity contribution in [2.24, 2.45) is 0 Å². The molecule has 0 aliphatic carbocycles. The van der Waals surface area contributed by atoms with E-state index in [0.717, 1.165) is 5.56 Å². The number of aliphatic hydroxyl groups is 1. The Morgan fingerprint density at radius 3 is 2.93 bits per heavy atom. The van der Waals surface area contributed by atoms with Gasteiger partial charge in [0.15, 0.2) is 5.89 Å². The van der Waals surface area contributed by atoms with E-state index in [1.165, 1.54) is 0 Å². The molecular formula is C10H12N2O2. The minimum absolute atomic E-state index is 0.0210. The smallest absolute Gasteiger partial charge is 0.246 e. The van der Waals surface area contributed by atoms with Crippen molar-refractivity contribution in [3.8, 4) is 0 Å². The van der Waals surface area contributed by atoms with Gasteiger partial charge in [0.25, 0.3) is 0 Å². The van der Waals surface area contributed by atoms with E-state index in [-0.39, 0.29) is 12.5 Å². The average Bonchev–Trinajstić information content (AvgIpc) is 2.59. The van der Waals surface area contributed by atoms with Crippen molar-refractivity contribution in [3.63, 3.8) is 0 Å². The first kappa shape index (κ1) is 9.15. The molecule has 0 radical (unpaired) electrons. The fraction of sp³-hybridized carbons (Fsp3) is 0.400.